The average Bonchev–Trinajstić information content (AvgIpc) is 2.98. The van der Waals surface area contributed by atoms with Gasteiger partial charge in [-0.3, -0.25) is 0 Å². The lowest BCUT2D eigenvalue weighted by atomic mass is 9.95. The lowest BCUT2D eigenvalue weighted by Gasteiger charge is -2.26. The zero-order chi connectivity index (χ0) is 11.5. The zero-order valence-corrected chi connectivity index (χ0v) is 10.2. The number of hydrogen-bond donors (Lipinski definition) is 3. The summed E-state index contributed by atoms with van der Waals surface area (Å²) < 4.78 is 28.0. The van der Waals surface area contributed by atoms with Gasteiger partial charge in [-0.05, 0) is 25.7 Å². The molecule has 1 aliphatic rings. The quantitative estimate of drug-likeness (QED) is 0.585. The molecule has 0 aromatic carbocycles. The molecule has 1 rings (SSSR count). The largest absolute Gasteiger partial charge is 0.324 e. The van der Waals surface area contributed by atoms with Crippen molar-refractivity contribution in [2.24, 2.45) is 5.73 Å². The molecule has 0 aromatic rings. The Morgan fingerprint density at radius 1 is 1.33 bits per heavy atom. The molecule has 5 nitrogen and oxygen atoms in total. The third-order valence-electron chi connectivity index (χ3n) is 2.92. The third kappa shape index (κ3) is 4.46. The van der Waals surface area contributed by atoms with Gasteiger partial charge in [0.15, 0.2) is 0 Å². The topological polar surface area (TPSA) is 84.2 Å². The van der Waals surface area contributed by atoms with Gasteiger partial charge in [0, 0.05) is 18.1 Å². The maximum absolute atomic E-state index is 11.5. The number of nitrogens with two attached hydrogens (primary N) is 1. The Morgan fingerprint density at radius 3 is 2.27 bits per heavy atom. The molecule has 1 saturated carbocycles. The van der Waals surface area contributed by atoms with E-state index in [1.54, 1.807) is 0 Å². The lowest BCUT2D eigenvalue weighted by molar-refractivity contribution is 0.390. The molecule has 90 valence electrons. The third-order valence-corrected chi connectivity index (χ3v) is 4.09. The molecule has 0 atom stereocenters. The first-order valence-electron chi connectivity index (χ1n) is 5.46. The first-order chi connectivity index (χ1) is 6.91. The second-order valence-electron chi connectivity index (χ2n) is 4.29. The van der Waals surface area contributed by atoms with Gasteiger partial charge in [-0.15, -0.1) is 0 Å². The van der Waals surface area contributed by atoms with E-state index in [0.29, 0.717) is 6.54 Å². The summed E-state index contributed by atoms with van der Waals surface area (Å²) in [4.78, 5) is 0. The van der Waals surface area contributed by atoms with E-state index in [2.05, 4.69) is 9.44 Å². The summed E-state index contributed by atoms with van der Waals surface area (Å²) in [6.07, 6.45) is 3.40. The van der Waals surface area contributed by atoms with Gasteiger partial charge in [0.2, 0.25) is 0 Å². The van der Waals surface area contributed by atoms with Gasteiger partial charge in [0.05, 0.1) is 0 Å². The van der Waals surface area contributed by atoms with Gasteiger partial charge in [0.25, 0.3) is 10.2 Å². The molecule has 4 N–H and O–H groups in total. The molecule has 0 unspecified atom stereocenters. The molecule has 1 aliphatic carbocycles. The maximum atomic E-state index is 11.5. The summed E-state index contributed by atoms with van der Waals surface area (Å²) in [5.74, 6) is 0. The van der Waals surface area contributed by atoms with Crippen molar-refractivity contribution in [1.29, 1.82) is 0 Å². The van der Waals surface area contributed by atoms with Gasteiger partial charge in [-0.2, -0.15) is 13.1 Å². The van der Waals surface area contributed by atoms with Gasteiger partial charge >= 0.3 is 0 Å². The summed E-state index contributed by atoms with van der Waals surface area (Å²) in [6.45, 7) is 4.22. The fourth-order valence-corrected chi connectivity index (χ4v) is 2.44. The highest BCUT2D eigenvalue weighted by Gasteiger charge is 2.28. The van der Waals surface area contributed by atoms with Crippen molar-refractivity contribution >= 4 is 10.2 Å². The molecule has 0 heterocycles. The van der Waals surface area contributed by atoms with Crippen LogP contribution in [0.4, 0.5) is 0 Å². The molecular formula is C9H21N3O2S. The minimum atomic E-state index is -3.35. The molecule has 1 fully saturated rings. The van der Waals surface area contributed by atoms with E-state index in [1.807, 2.05) is 13.8 Å². The molecule has 6 heteroatoms. The molecule has 0 spiro atoms. The molecule has 0 saturated heterocycles. The SMILES string of the molecule is CCC(N)(CC)CNS(=O)(=O)NC1CC1. The second-order valence-corrected chi connectivity index (χ2v) is 5.82. The van der Waals surface area contributed by atoms with Crippen molar-refractivity contribution in [1.82, 2.24) is 9.44 Å². The van der Waals surface area contributed by atoms with Crippen LogP contribution < -0.4 is 15.2 Å². The number of nitrogens with one attached hydrogen (secondary N) is 2. The molecule has 15 heavy (non-hydrogen) atoms. The van der Waals surface area contributed by atoms with Crippen LogP contribution in [0.1, 0.15) is 39.5 Å². The molecule has 0 bridgehead atoms. The minimum Gasteiger partial charge on any atom is -0.324 e. The van der Waals surface area contributed by atoms with E-state index in [1.165, 1.54) is 0 Å². The van der Waals surface area contributed by atoms with E-state index in [0.717, 1.165) is 25.7 Å². The number of rotatable bonds is 7. The Hall–Kier alpha value is -0.170. The summed E-state index contributed by atoms with van der Waals surface area (Å²) in [5, 5.41) is 0. The zero-order valence-electron chi connectivity index (χ0n) is 9.41. The lowest BCUT2D eigenvalue weighted by Crippen LogP contribution is -2.51. The molecule has 0 aromatic heterocycles. The summed E-state index contributed by atoms with van der Waals surface area (Å²) in [7, 11) is -3.35. The summed E-state index contributed by atoms with van der Waals surface area (Å²) >= 11 is 0. The Bertz CT molecular complexity index is 294. The van der Waals surface area contributed by atoms with Crippen LogP contribution in [0.5, 0.6) is 0 Å². The highest BCUT2D eigenvalue weighted by atomic mass is 32.2. The van der Waals surface area contributed by atoms with E-state index in [4.69, 9.17) is 5.73 Å². The molecular weight excluding hydrogens is 214 g/mol. The van der Waals surface area contributed by atoms with E-state index in [9.17, 15) is 8.42 Å². The predicted molar refractivity (Wildman–Crippen MR) is 60.6 cm³/mol. The van der Waals surface area contributed by atoms with Crippen LogP contribution in [0.15, 0.2) is 0 Å². The van der Waals surface area contributed by atoms with Crippen LogP contribution in [0.25, 0.3) is 0 Å². The first kappa shape index (κ1) is 12.9. The van der Waals surface area contributed by atoms with E-state index >= 15 is 0 Å². The smallest absolute Gasteiger partial charge is 0.277 e. The van der Waals surface area contributed by atoms with Crippen molar-refractivity contribution in [3.8, 4) is 0 Å². The fourth-order valence-electron chi connectivity index (χ4n) is 1.20. The van der Waals surface area contributed by atoms with Crippen LogP contribution in [0.2, 0.25) is 0 Å². The normalized spacial score (nSPS) is 18.1. The van der Waals surface area contributed by atoms with Gasteiger partial charge in [-0.1, -0.05) is 13.8 Å². The minimum absolute atomic E-state index is 0.137. The van der Waals surface area contributed by atoms with Gasteiger partial charge in [-0.25, -0.2) is 4.72 Å². The monoisotopic (exact) mass is 235 g/mol. The highest BCUT2D eigenvalue weighted by Crippen LogP contribution is 2.19. The van der Waals surface area contributed by atoms with Gasteiger partial charge in [0.1, 0.15) is 0 Å². The molecule has 0 radical (unpaired) electrons. The van der Waals surface area contributed by atoms with Crippen molar-refractivity contribution in [3.63, 3.8) is 0 Å². The van der Waals surface area contributed by atoms with E-state index in [-0.39, 0.29) is 6.04 Å². The summed E-state index contributed by atoms with van der Waals surface area (Å²) in [5.41, 5.74) is 5.56. The summed E-state index contributed by atoms with van der Waals surface area (Å²) in [6, 6.07) is 0.137. The van der Waals surface area contributed by atoms with Gasteiger partial charge < -0.3 is 5.73 Å². The Balaban J connectivity index is 2.40. The Labute approximate surface area is 92.0 Å². The Morgan fingerprint density at radius 2 is 1.87 bits per heavy atom. The van der Waals surface area contributed by atoms with Crippen LogP contribution in [-0.2, 0) is 10.2 Å². The van der Waals surface area contributed by atoms with Crippen LogP contribution in [0.3, 0.4) is 0 Å². The number of hydrogen-bond acceptors (Lipinski definition) is 3. The molecule has 0 aliphatic heterocycles. The average molecular weight is 235 g/mol. The highest BCUT2D eigenvalue weighted by molar-refractivity contribution is 7.87. The van der Waals surface area contributed by atoms with E-state index < -0.39 is 15.7 Å². The van der Waals surface area contributed by atoms with Crippen molar-refractivity contribution in [3.05, 3.63) is 0 Å². The van der Waals surface area contributed by atoms with Crippen molar-refractivity contribution in [2.45, 2.75) is 51.1 Å². The van der Waals surface area contributed by atoms with Crippen LogP contribution in [-0.4, -0.2) is 26.5 Å². The maximum Gasteiger partial charge on any atom is 0.277 e. The first-order valence-corrected chi connectivity index (χ1v) is 6.95. The van der Waals surface area contributed by atoms with Crippen molar-refractivity contribution < 1.29 is 8.42 Å². The molecule has 0 amide bonds. The predicted octanol–water partition coefficient (Wildman–Crippen LogP) is 0.0903. The van der Waals surface area contributed by atoms with Crippen LogP contribution in [0, 0.1) is 0 Å². The Kier molecular flexibility index (Phi) is 4.11. The van der Waals surface area contributed by atoms with Crippen molar-refractivity contribution in [2.75, 3.05) is 6.54 Å². The standard InChI is InChI=1S/C9H21N3O2S/c1-3-9(10,4-2)7-11-15(13,14)12-8-5-6-8/h8,11-12H,3-7,10H2,1-2H3. The second kappa shape index (κ2) is 4.78. The fraction of sp³-hybridized carbons (Fsp3) is 1.00. The van der Waals surface area contributed by atoms with Crippen LogP contribution >= 0.6 is 0 Å².